The smallest absolute Gasteiger partial charge is 0.305 e. The number of fused-ring (bicyclic) bond motifs is 1. The van der Waals surface area contributed by atoms with Crippen molar-refractivity contribution in [3.8, 4) is 0 Å². The second-order valence-corrected chi connectivity index (χ2v) is 7.53. The van der Waals surface area contributed by atoms with Crippen molar-refractivity contribution in [1.29, 1.82) is 0 Å². The number of rotatable bonds is 3. The van der Waals surface area contributed by atoms with Crippen molar-refractivity contribution < 1.29 is 8.42 Å². The maximum atomic E-state index is 12.6. The van der Waals surface area contributed by atoms with Crippen LogP contribution in [0.15, 0.2) is 56.9 Å². The third-order valence-corrected chi connectivity index (χ3v) is 5.45. The Bertz CT molecular complexity index is 1190. The minimum Gasteiger partial charge on any atom is -0.305 e. The molecule has 130 valence electrons. The molecule has 1 N–H and O–H groups in total. The summed E-state index contributed by atoms with van der Waals surface area (Å²) in [6.07, 6.45) is 0. The zero-order chi connectivity index (χ0) is 18.4. The molecule has 25 heavy (non-hydrogen) atoms. The third kappa shape index (κ3) is 2.96. The Morgan fingerprint density at radius 3 is 2.00 bits per heavy atom. The maximum Gasteiger partial charge on any atom is 0.316 e. The highest BCUT2D eigenvalue weighted by Crippen LogP contribution is 2.20. The molecule has 2 aromatic carbocycles. The van der Waals surface area contributed by atoms with Crippen LogP contribution < -0.4 is 15.8 Å². The lowest BCUT2D eigenvalue weighted by Crippen LogP contribution is -2.39. The van der Waals surface area contributed by atoms with Crippen LogP contribution in [0.1, 0.15) is 5.56 Å². The van der Waals surface area contributed by atoms with E-state index in [2.05, 4.69) is 4.72 Å². The van der Waals surface area contributed by atoms with E-state index in [1.54, 1.807) is 24.3 Å². The molecule has 0 saturated carbocycles. The Labute approximate surface area is 144 Å². The predicted octanol–water partition coefficient (Wildman–Crippen LogP) is 1.35. The van der Waals surface area contributed by atoms with Gasteiger partial charge in [-0.05, 0) is 37.3 Å². The van der Waals surface area contributed by atoms with Crippen molar-refractivity contribution in [2.75, 3.05) is 4.72 Å². The van der Waals surface area contributed by atoms with Crippen LogP contribution in [0.4, 0.5) is 5.69 Å². The van der Waals surface area contributed by atoms with Gasteiger partial charge in [-0.1, -0.05) is 17.7 Å². The van der Waals surface area contributed by atoms with Gasteiger partial charge in [0.25, 0.3) is 10.0 Å². The molecule has 1 aromatic heterocycles. The van der Waals surface area contributed by atoms with E-state index >= 15 is 0 Å². The first kappa shape index (κ1) is 17.0. The Balaban J connectivity index is 2.14. The Morgan fingerprint density at radius 2 is 1.40 bits per heavy atom. The molecule has 0 aliphatic heterocycles. The standard InChI is InChI=1S/C17H17N3O4S/c1-11-4-6-12(7-5-11)18-25(23,24)13-8-9-14-15(10-13)20(3)17(22)16(21)19(14)2/h4-10,18H,1-3H3. The fourth-order valence-corrected chi connectivity index (χ4v) is 3.64. The van der Waals surface area contributed by atoms with Crippen molar-refractivity contribution >= 4 is 26.7 Å². The van der Waals surface area contributed by atoms with Gasteiger partial charge in [-0.25, -0.2) is 8.42 Å². The van der Waals surface area contributed by atoms with Crippen LogP contribution in [-0.2, 0) is 24.1 Å². The topological polar surface area (TPSA) is 90.2 Å². The van der Waals surface area contributed by atoms with Gasteiger partial charge in [0, 0.05) is 19.8 Å². The van der Waals surface area contributed by atoms with Crippen LogP contribution in [0.3, 0.4) is 0 Å². The number of benzene rings is 2. The molecular formula is C17H17N3O4S. The van der Waals surface area contributed by atoms with Gasteiger partial charge in [0.1, 0.15) is 0 Å². The quantitative estimate of drug-likeness (QED) is 0.715. The molecule has 0 amide bonds. The van der Waals surface area contributed by atoms with Gasteiger partial charge in [0.2, 0.25) is 0 Å². The van der Waals surface area contributed by atoms with Crippen molar-refractivity contribution in [1.82, 2.24) is 9.13 Å². The van der Waals surface area contributed by atoms with E-state index in [-0.39, 0.29) is 4.90 Å². The van der Waals surface area contributed by atoms with E-state index in [0.29, 0.717) is 16.7 Å². The van der Waals surface area contributed by atoms with Gasteiger partial charge in [-0.15, -0.1) is 0 Å². The van der Waals surface area contributed by atoms with E-state index in [4.69, 9.17) is 0 Å². The van der Waals surface area contributed by atoms with E-state index in [1.807, 2.05) is 6.92 Å². The number of hydrogen-bond acceptors (Lipinski definition) is 4. The minimum absolute atomic E-state index is 0.00854. The second-order valence-electron chi connectivity index (χ2n) is 5.85. The summed E-state index contributed by atoms with van der Waals surface area (Å²) in [4.78, 5) is 23.8. The van der Waals surface area contributed by atoms with Gasteiger partial charge < -0.3 is 9.13 Å². The zero-order valence-electron chi connectivity index (χ0n) is 14.0. The lowest BCUT2D eigenvalue weighted by atomic mass is 10.2. The molecule has 3 rings (SSSR count). The number of anilines is 1. The van der Waals surface area contributed by atoms with Gasteiger partial charge in [-0.3, -0.25) is 14.3 Å². The number of nitrogens with zero attached hydrogens (tertiary/aromatic N) is 2. The molecule has 1 heterocycles. The molecule has 0 spiro atoms. The van der Waals surface area contributed by atoms with Crippen molar-refractivity contribution in [2.24, 2.45) is 14.1 Å². The molecule has 0 bridgehead atoms. The summed E-state index contributed by atoms with van der Waals surface area (Å²) < 4.78 is 30.1. The first-order valence-electron chi connectivity index (χ1n) is 7.50. The number of sulfonamides is 1. The van der Waals surface area contributed by atoms with Crippen molar-refractivity contribution in [3.63, 3.8) is 0 Å². The molecule has 7 nitrogen and oxygen atoms in total. The summed E-state index contributed by atoms with van der Waals surface area (Å²) in [6, 6.07) is 11.3. The number of aryl methyl sites for hydroxylation is 3. The summed E-state index contributed by atoms with van der Waals surface area (Å²) in [5.41, 5.74) is 0.921. The monoisotopic (exact) mass is 359 g/mol. The van der Waals surface area contributed by atoms with E-state index in [1.165, 1.54) is 36.9 Å². The molecule has 0 fully saturated rings. The van der Waals surface area contributed by atoms with E-state index in [0.717, 1.165) is 10.1 Å². The molecule has 0 saturated heterocycles. The van der Waals surface area contributed by atoms with Crippen LogP contribution in [0.2, 0.25) is 0 Å². The highest BCUT2D eigenvalue weighted by atomic mass is 32.2. The Hall–Kier alpha value is -2.87. The van der Waals surface area contributed by atoms with Gasteiger partial charge in [-0.2, -0.15) is 0 Å². The molecule has 0 aliphatic carbocycles. The summed E-state index contributed by atoms with van der Waals surface area (Å²) in [7, 11) is -0.906. The van der Waals surface area contributed by atoms with Crippen LogP contribution in [0, 0.1) is 6.92 Å². The average Bonchev–Trinajstić information content (AvgIpc) is 2.59. The fraction of sp³-hybridized carbons (Fsp3) is 0.176. The average molecular weight is 359 g/mol. The normalized spacial score (nSPS) is 11.6. The highest BCUT2D eigenvalue weighted by Gasteiger charge is 2.17. The molecule has 3 aromatic rings. The lowest BCUT2D eigenvalue weighted by molar-refractivity contribution is 0.601. The first-order chi connectivity index (χ1) is 11.7. The van der Waals surface area contributed by atoms with Gasteiger partial charge in [0.15, 0.2) is 0 Å². The molecule has 0 unspecified atom stereocenters. The van der Waals surface area contributed by atoms with Crippen molar-refractivity contribution in [2.45, 2.75) is 11.8 Å². The third-order valence-electron chi connectivity index (χ3n) is 4.08. The summed E-state index contributed by atoms with van der Waals surface area (Å²) in [6.45, 7) is 1.91. The van der Waals surface area contributed by atoms with Crippen molar-refractivity contribution in [3.05, 3.63) is 68.7 Å². The zero-order valence-corrected chi connectivity index (χ0v) is 14.8. The second kappa shape index (κ2) is 5.89. The molecule has 8 heteroatoms. The number of nitrogens with one attached hydrogen (secondary N) is 1. The van der Waals surface area contributed by atoms with Crippen LogP contribution in [-0.4, -0.2) is 17.6 Å². The molecule has 0 radical (unpaired) electrons. The SMILES string of the molecule is Cc1ccc(NS(=O)(=O)c2ccc3c(c2)n(C)c(=O)c(=O)n3C)cc1. The Kier molecular flexibility index (Phi) is 4.00. The van der Waals surface area contributed by atoms with Gasteiger partial charge in [0.05, 0.1) is 15.9 Å². The first-order valence-corrected chi connectivity index (χ1v) is 8.98. The summed E-state index contributed by atoms with van der Waals surface area (Å²) in [5.74, 6) is 0. The maximum absolute atomic E-state index is 12.6. The largest absolute Gasteiger partial charge is 0.316 e. The van der Waals surface area contributed by atoms with Crippen LogP contribution in [0.25, 0.3) is 11.0 Å². The number of hydrogen-bond donors (Lipinski definition) is 1. The van der Waals surface area contributed by atoms with Gasteiger partial charge >= 0.3 is 11.1 Å². The van der Waals surface area contributed by atoms with E-state index < -0.39 is 21.1 Å². The Morgan fingerprint density at radius 1 is 0.840 bits per heavy atom. The molecule has 0 aliphatic rings. The minimum atomic E-state index is -3.82. The fourth-order valence-electron chi connectivity index (χ4n) is 2.56. The summed E-state index contributed by atoms with van der Waals surface area (Å²) >= 11 is 0. The lowest BCUT2D eigenvalue weighted by Gasteiger charge is -2.12. The van der Waals surface area contributed by atoms with Crippen LogP contribution >= 0.6 is 0 Å². The molecule has 0 atom stereocenters. The number of aromatic nitrogens is 2. The van der Waals surface area contributed by atoms with E-state index in [9.17, 15) is 18.0 Å². The highest BCUT2D eigenvalue weighted by molar-refractivity contribution is 7.92. The van der Waals surface area contributed by atoms with Crippen LogP contribution in [0.5, 0.6) is 0 Å². The predicted molar refractivity (Wildman–Crippen MR) is 96.4 cm³/mol. The summed E-state index contributed by atoms with van der Waals surface area (Å²) in [5, 5.41) is 0. The molecular weight excluding hydrogens is 342 g/mol.